The molecule has 134 valence electrons. The highest BCUT2D eigenvalue weighted by molar-refractivity contribution is 5.78. The zero-order valence-electron chi connectivity index (χ0n) is 14.3. The van der Waals surface area contributed by atoms with Crippen molar-refractivity contribution in [3.63, 3.8) is 0 Å². The highest BCUT2D eigenvalue weighted by atomic mass is 19.1. The van der Waals surface area contributed by atoms with Gasteiger partial charge in [0.1, 0.15) is 29.6 Å². The second kappa shape index (κ2) is 8.19. The average Bonchev–Trinajstić information content (AvgIpc) is 3.07. The van der Waals surface area contributed by atoms with Crippen LogP contribution in [0.1, 0.15) is 11.4 Å². The predicted octanol–water partition coefficient (Wildman–Crippen LogP) is 1.88. The summed E-state index contributed by atoms with van der Waals surface area (Å²) in [5.74, 6) is 1.79. The molecule has 3 rings (SSSR count). The van der Waals surface area contributed by atoms with Gasteiger partial charge in [0.25, 0.3) is 0 Å². The molecule has 0 aliphatic carbocycles. The van der Waals surface area contributed by atoms with E-state index < -0.39 is 0 Å². The van der Waals surface area contributed by atoms with Gasteiger partial charge < -0.3 is 10.6 Å². The Kier molecular flexibility index (Phi) is 5.52. The topological polar surface area (TPSA) is 84.7 Å². The van der Waals surface area contributed by atoms with Gasteiger partial charge in [-0.3, -0.25) is 9.36 Å². The van der Waals surface area contributed by atoms with Crippen LogP contribution in [-0.2, 0) is 11.2 Å². The van der Waals surface area contributed by atoms with Crippen LogP contribution < -0.4 is 10.6 Å². The number of nitrogens with zero attached hydrogens (tertiary/aromatic N) is 4. The third kappa shape index (κ3) is 4.62. The van der Waals surface area contributed by atoms with E-state index >= 15 is 0 Å². The number of anilines is 1. The molecule has 26 heavy (non-hydrogen) atoms. The summed E-state index contributed by atoms with van der Waals surface area (Å²) in [7, 11) is 0. The SMILES string of the molecule is Cc1nccn1-c1cc(NCCNC(=O)Cc2ccc(F)cc2)ncn1. The number of benzene rings is 1. The smallest absolute Gasteiger partial charge is 0.224 e. The Labute approximate surface area is 150 Å². The third-order valence-corrected chi connectivity index (χ3v) is 3.76. The normalized spacial score (nSPS) is 10.5. The molecule has 0 saturated carbocycles. The van der Waals surface area contributed by atoms with Gasteiger partial charge in [-0.25, -0.2) is 19.3 Å². The molecule has 0 spiro atoms. The van der Waals surface area contributed by atoms with Gasteiger partial charge >= 0.3 is 0 Å². The van der Waals surface area contributed by atoms with Crippen LogP contribution in [-0.4, -0.2) is 38.5 Å². The number of halogens is 1. The van der Waals surface area contributed by atoms with Crippen molar-refractivity contribution in [1.29, 1.82) is 0 Å². The molecule has 0 unspecified atom stereocenters. The van der Waals surface area contributed by atoms with Crippen LogP contribution in [0.5, 0.6) is 0 Å². The van der Waals surface area contributed by atoms with E-state index in [1.54, 1.807) is 18.3 Å². The zero-order valence-corrected chi connectivity index (χ0v) is 14.3. The highest BCUT2D eigenvalue weighted by Crippen LogP contribution is 2.10. The number of aromatic nitrogens is 4. The first kappa shape index (κ1) is 17.5. The minimum Gasteiger partial charge on any atom is -0.368 e. The predicted molar refractivity (Wildman–Crippen MR) is 95.5 cm³/mol. The summed E-state index contributed by atoms with van der Waals surface area (Å²) in [5.41, 5.74) is 0.771. The molecular formula is C18H19FN6O. The van der Waals surface area contributed by atoms with Crippen LogP contribution in [0.25, 0.3) is 5.82 Å². The van der Waals surface area contributed by atoms with Crippen LogP contribution in [0.2, 0.25) is 0 Å². The molecule has 8 heteroatoms. The van der Waals surface area contributed by atoms with Crippen LogP contribution in [0, 0.1) is 12.7 Å². The maximum atomic E-state index is 12.8. The summed E-state index contributed by atoms with van der Waals surface area (Å²) >= 11 is 0. The molecule has 0 radical (unpaired) electrons. The molecule has 1 aromatic carbocycles. The summed E-state index contributed by atoms with van der Waals surface area (Å²) in [6.45, 7) is 2.86. The molecule has 0 saturated heterocycles. The molecule has 3 aromatic rings. The number of carbonyl (C=O) groups is 1. The van der Waals surface area contributed by atoms with Gasteiger partial charge in [0, 0.05) is 31.5 Å². The van der Waals surface area contributed by atoms with Crippen molar-refractivity contribution >= 4 is 11.7 Å². The van der Waals surface area contributed by atoms with E-state index in [0.29, 0.717) is 18.9 Å². The lowest BCUT2D eigenvalue weighted by atomic mass is 10.1. The monoisotopic (exact) mass is 354 g/mol. The van der Waals surface area contributed by atoms with Crippen molar-refractivity contribution in [3.05, 3.63) is 66.3 Å². The van der Waals surface area contributed by atoms with Crippen molar-refractivity contribution < 1.29 is 9.18 Å². The number of imidazole rings is 1. The van der Waals surface area contributed by atoms with Gasteiger partial charge in [-0.1, -0.05) is 12.1 Å². The van der Waals surface area contributed by atoms with Crippen molar-refractivity contribution in [2.75, 3.05) is 18.4 Å². The van der Waals surface area contributed by atoms with Crippen LogP contribution in [0.4, 0.5) is 10.2 Å². The van der Waals surface area contributed by atoms with Crippen LogP contribution in [0.15, 0.2) is 49.1 Å². The maximum absolute atomic E-state index is 12.8. The molecule has 2 aromatic heterocycles. The Balaban J connectivity index is 1.46. The van der Waals surface area contributed by atoms with Crippen molar-refractivity contribution in [2.45, 2.75) is 13.3 Å². The highest BCUT2D eigenvalue weighted by Gasteiger charge is 2.05. The molecule has 0 bridgehead atoms. The average molecular weight is 354 g/mol. The van der Waals surface area contributed by atoms with Gasteiger partial charge in [-0.05, 0) is 24.6 Å². The second-order valence-electron chi connectivity index (χ2n) is 5.69. The largest absolute Gasteiger partial charge is 0.368 e. The fraction of sp³-hybridized carbons (Fsp3) is 0.222. The Morgan fingerprint density at radius 1 is 1.15 bits per heavy atom. The van der Waals surface area contributed by atoms with Gasteiger partial charge in [0.05, 0.1) is 6.42 Å². The summed E-state index contributed by atoms with van der Waals surface area (Å²) in [4.78, 5) is 24.5. The van der Waals surface area contributed by atoms with Gasteiger partial charge in [0.2, 0.25) is 5.91 Å². The van der Waals surface area contributed by atoms with Crippen LogP contribution >= 0.6 is 0 Å². The van der Waals surface area contributed by atoms with Crippen molar-refractivity contribution in [2.24, 2.45) is 0 Å². The molecular weight excluding hydrogens is 335 g/mol. The quantitative estimate of drug-likeness (QED) is 0.633. The maximum Gasteiger partial charge on any atom is 0.224 e. The van der Waals surface area contributed by atoms with Crippen molar-refractivity contribution in [3.8, 4) is 5.82 Å². The Bertz CT molecular complexity index is 877. The van der Waals surface area contributed by atoms with E-state index in [9.17, 15) is 9.18 Å². The summed E-state index contributed by atoms with van der Waals surface area (Å²) in [6, 6.07) is 7.72. The number of hydrogen-bond acceptors (Lipinski definition) is 5. The first-order chi connectivity index (χ1) is 12.6. The molecule has 0 atom stereocenters. The van der Waals surface area contributed by atoms with Gasteiger partial charge in [-0.2, -0.15) is 0 Å². The first-order valence-corrected chi connectivity index (χ1v) is 8.19. The molecule has 1 amide bonds. The number of nitrogens with one attached hydrogen (secondary N) is 2. The van der Waals surface area contributed by atoms with E-state index in [2.05, 4.69) is 25.6 Å². The van der Waals surface area contributed by atoms with E-state index in [-0.39, 0.29) is 18.1 Å². The van der Waals surface area contributed by atoms with Crippen LogP contribution in [0.3, 0.4) is 0 Å². The number of carbonyl (C=O) groups excluding carboxylic acids is 1. The Morgan fingerprint density at radius 2 is 1.96 bits per heavy atom. The molecule has 7 nitrogen and oxygen atoms in total. The van der Waals surface area contributed by atoms with E-state index in [0.717, 1.165) is 17.2 Å². The lowest BCUT2D eigenvalue weighted by Crippen LogP contribution is -2.30. The van der Waals surface area contributed by atoms with E-state index in [1.165, 1.54) is 18.5 Å². The molecule has 0 aliphatic heterocycles. The zero-order chi connectivity index (χ0) is 18.4. The lowest BCUT2D eigenvalue weighted by Gasteiger charge is -2.09. The molecule has 2 N–H and O–H groups in total. The lowest BCUT2D eigenvalue weighted by molar-refractivity contribution is -0.120. The third-order valence-electron chi connectivity index (χ3n) is 3.76. The van der Waals surface area contributed by atoms with Gasteiger partial charge in [0.15, 0.2) is 0 Å². The number of amides is 1. The number of aryl methyl sites for hydroxylation is 1. The van der Waals surface area contributed by atoms with E-state index in [1.807, 2.05) is 23.8 Å². The second-order valence-corrected chi connectivity index (χ2v) is 5.69. The summed E-state index contributed by atoms with van der Waals surface area (Å²) in [6.07, 6.45) is 5.24. The molecule has 0 aliphatic rings. The van der Waals surface area contributed by atoms with Gasteiger partial charge in [-0.15, -0.1) is 0 Å². The van der Waals surface area contributed by atoms with Crippen molar-refractivity contribution in [1.82, 2.24) is 24.8 Å². The number of hydrogen-bond donors (Lipinski definition) is 2. The Morgan fingerprint density at radius 3 is 2.69 bits per heavy atom. The summed E-state index contributed by atoms with van der Waals surface area (Å²) in [5, 5.41) is 5.96. The fourth-order valence-corrected chi connectivity index (χ4v) is 2.44. The standard InChI is InChI=1S/C18H19FN6O/c1-13-20-8-9-25(13)17-11-16(23-12-24-17)21-6-7-22-18(26)10-14-2-4-15(19)5-3-14/h2-5,8-9,11-12H,6-7,10H2,1H3,(H,22,26)(H,21,23,24). The first-order valence-electron chi connectivity index (χ1n) is 8.19. The summed E-state index contributed by atoms with van der Waals surface area (Å²) < 4.78 is 14.7. The molecule has 2 heterocycles. The Hall–Kier alpha value is -3.29. The molecule has 0 fully saturated rings. The minimum atomic E-state index is -0.312. The minimum absolute atomic E-state index is 0.115. The number of rotatable bonds is 7. The van der Waals surface area contributed by atoms with E-state index in [4.69, 9.17) is 0 Å². The fourth-order valence-electron chi connectivity index (χ4n) is 2.44.